The van der Waals surface area contributed by atoms with Crippen molar-refractivity contribution in [2.24, 2.45) is 0 Å². The summed E-state index contributed by atoms with van der Waals surface area (Å²) in [7, 11) is -0.107. The summed E-state index contributed by atoms with van der Waals surface area (Å²) in [4.78, 5) is 1.73. The molecular formula is C14H14BrFN2O2S. The van der Waals surface area contributed by atoms with Gasteiger partial charge in [0.1, 0.15) is 5.82 Å². The number of sulfonamides is 1. The zero-order valence-electron chi connectivity index (χ0n) is 11.5. The molecule has 0 unspecified atom stereocenters. The van der Waals surface area contributed by atoms with Crippen LogP contribution in [0.2, 0.25) is 0 Å². The Balaban J connectivity index is 2.33. The monoisotopic (exact) mass is 372 g/mol. The first kappa shape index (κ1) is 15.8. The lowest BCUT2D eigenvalue weighted by Gasteiger charge is -2.14. The van der Waals surface area contributed by atoms with Gasteiger partial charge in [0.05, 0.1) is 15.1 Å². The fourth-order valence-corrected chi connectivity index (χ4v) is 3.01. The van der Waals surface area contributed by atoms with Crippen molar-refractivity contribution >= 4 is 37.3 Å². The van der Waals surface area contributed by atoms with E-state index < -0.39 is 15.8 Å². The molecule has 0 heterocycles. The molecule has 0 atom stereocenters. The van der Waals surface area contributed by atoms with Crippen molar-refractivity contribution in [3.63, 3.8) is 0 Å². The van der Waals surface area contributed by atoms with Crippen LogP contribution in [-0.2, 0) is 10.0 Å². The number of hydrogen-bond acceptors (Lipinski definition) is 3. The highest BCUT2D eigenvalue weighted by Crippen LogP contribution is 2.23. The normalized spacial score (nSPS) is 11.2. The molecule has 2 aromatic rings. The molecule has 0 aromatic heterocycles. The van der Waals surface area contributed by atoms with Crippen LogP contribution in [0.3, 0.4) is 0 Å². The SMILES string of the molecule is CN(C)c1cccc(NS(=O)(=O)c2ccc(Br)c(F)c2)c1. The van der Waals surface area contributed by atoms with E-state index in [1.165, 1.54) is 12.1 Å². The molecule has 112 valence electrons. The van der Waals surface area contributed by atoms with E-state index in [0.717, 1.165) is 11.8 Å². The smallest absolute Gasteiger partial charge is 0.261 e. The van der Waals surface area contributed by atoms with Gasteiger partial charge in [-0.2, -0.15) is 0 Å². The molecule has 0 saturated heterocycles. The molecule has 0 saturated carbocycles. The maximum Gasteiger partial charge on any atom is 0.261 e. The summed E-state index contributed by atoms with van der Waals surface area (Å²) >= 11 is 2.99. The number of nitrogens with one attached hydrogen (secondary N) is 1. The van der Waals surface area contributed by atoms with Crippen molar-refractivity contribution in [3.8, 4) is 0 Å². The summed E-state index contributed by atoms with van der Waals surface area (Å²) in [6, 6.07) is 10.6. The van der Waals surface area contributed by atoms with Crippen molar-refractivity contribution < 1.29 is 12.8 Å². The Morgan fingerprint density at radius 1 is 1.14 bits per heavy atom. The lowest BCUT2D eigenvalue weighted by Crippen LogP contribution is -2.14. The molecule has 0 aliphatic heterocycles. The van der Waals surface area contributed by atoms with Crippen LogP contribution >= 0.6 is 15.9 Å². The second-order valence-corrected chi connectivity index (χ2v) is 7.16. The summed E-state index contributed by atoms with van der Waals surface area (Å²) in [5.74, 6) is -0.625. The summed E-state index contributed by atoms with van der Waals surface area (Å²) in [5, 5.41) is 0. The van der Waals surface area contributed by atoms with Crippen LogP contribution < -0.4 is 9.62 Å². The number of benzene rings is 2. The van der Waals surface area contributed by atoms with Gasteiger partial charge in [0.15, 0.2) is 0 Å². The molecule has 4 nitrogen and oxygen atoms in total. The van der Waals surface area contributed by atoms with Gasteiger partial charge in [0.2, 0.25) is 0 Å². The quantitative estimate of drug-likeness (QED) is 0.893. The van der Waals surface area contributed by atoms with E-state index >= 15 is 0 Å². The molecule has 0 aliphatic rings. The minimum atomic E-state index is -3.82. The molecule has 7 heteroatoms. The molecule has 0 radical (unpaired) electrons. The van der Waals surface area contributed by atoms with E-state index in [9.17, 15) is 12.8 Å². The third kappa shape index (κ3) is 3.74. The fraction of sp³-hybridized carbons (Fsp3) is 0.143. The maximum atomic E-state index is 13.5. The summed E-state index contributed by atoms with van der Waals surface area (Å²) in [6.45, 7) is 0. The molecule has 0 amide bonds. The first-order chi connectivity index (χ1) is 9.79. The van der Waals surface area contributed by atoms with Gasteiger partial charge in [-0.15, -0.1) is 0 Å². The lowest BCUT2D eigenvalue weighted by molar-refractivity contribution is 0.593. The minimum absolute atomic E-state index is 0.126. The third-order valence-electron chi connectivity index (χ3n) is 2.82. The van der Waals surface area contributed by atoms with Gasteiger partial charge in [-0.25, -0.2) is 12.8 Å². The Morgan fingerprint density at radius 3 is 2.48 bits per heavy atom. The van der Waals surface area contributed by atoms with Gasteiger partial charge in [-0.1, -0.05) is 6.07 Å². The van der Waals surface area contributed by atoms with E-state index in [0.29, 0.717) is 5.69 Å². The van der Waals surface area contributed by atoms with E-state index in [-0.39, 0.29) is 9.37 Å². The Hall–Kier alpha value is -1.60. The van der Waals surface area contributed by atoms with Crippen LogP contribution in [0.15, 0.2) is 51.8 Å². The average Bonchev–Trinajstić information content (AvgIpc) is 2.41. The Kier molecular flexibility index (Phi) is 4.53. The second-order valence-electron chi connectivity index (χ2n) is 4.63. The molecule has 2 rings (SSSR count). The zero-order valence-corrected chi connectivity index (χ0v) is 13.9. The third-order valence-corrected chi connectivity index (χ3v) is 4.84. The topological polar surface area (TPSA) is 49.4 Å². The second kappa shape index (κ2) is 6.03. The van der Waals surface area contributed by atoms with Crippen LogP contribution in [0.5, 0.6) is 0 Å². The van der Waals surface area contributed by atoms with Crippen molar-refractivity contribution in [1.29, 1.82) is 0 Å². The highest BCUT2D eigenvalue weighted by molar-refractivity contribution is 9.10. The maximum absolute atomic E-state index is 13.5. The van der Waals surface area contributed by atoms with Gasteiger partial charge in [-0.3, -0.25) is 4.72 Å². The fourth-order valence-electron chi connectivity index (χ4n) is 1.71. The molecule has 0 bridgehead atoms. The molecule has 0 fully saturated rings. The van der Waals surface area contributed by atoms with Gasteiger partial charge >= 0.3 is 0 Å². The minimum Gasteiger partial charge on any atom is -0.378 e. The number of rotatable bonds is 4. The van der Waals surface area contributed by atoms with Gasteiger partial charge in [0.25, 0.3) is 10.0 Å². The number of hydrogen-bond donors (Lipinski definition) is 1. The summed E-state index contributed by atoms with van der Waals surface area (Å²) in [6.07, 6.45) is 0. The van der Waals surface area contributed by atoms with Gasteiger partial charge < -0.3 is 4.90 Å². The largest absolute Gasteiger partial charge is 0.378 e. The highest BCUT2D eigenvalue weighted by Gasteiger charge is 2.16. The van der Waals surface area contributed by atoms with E-state index in [2.05, 4.69) is 20.7 Å². The van der Waals surface area contributed by atoms with Gasteiger partial charge in [0, 0.05) is 19.8 Å². The lowest BCUT2D eigenvalue weighted by atomic mass is 10.3. The van der Waals surface area contributed by atoms with Crippen LogP contribution in [0.25, 0.3) is 0 Å². The Morgan fingerprint density at radius 2 is 1.86 bits per heavy atom. The molecule has 0 spiro atoms. The Labute approximate surface area is 131 Å². The Bertz CT molecular complexity index is 763. The number of halogens is 2. The van der Waals surface area contributed by atoms with Gasteiger partial charge in [-0.05, 0) is 52.3 Å². The van der Waals surface area contributed by atoms with Crippen molar-refractivity contribution in [2.45, 2.75) is 4.90 Å². The van der Waals surface area contributed by atoms with Crippen molar-refractivity contribution in [3.05, 3.63) is 52.8 Å². The molecule has 1 N–H and O–H groups in total. The first-order valence-electron chi connectivity index (χ1n) is 6.05. The van der Waals surface area contributed by atoms with Crippen molar-refractivity contribution in [2.75, 3.05) is 23.7 Å². The highest BCUT2D eigenvalue weighted by atomic mass is 79.9. The summed E-state index contributed by atoms with van der Waals surface area (Å²) in [5.41, 5.74) is 1.28. The zero-order chi connectivity index (χ0) is 15.6. The molecule has 21 heavy (non-hydrogen) atoms. The predicted octanol–water partition coefficient (Wildman–Crippen LogP) is 3.46. The van der Waals surface area contributed by atoms with E-state index in [1.54, 1.807) is 18.2 Å². The molecule has 2 aromatic carbocycles. The van der Waals surface area contributed by atoms with Crippen LogP contribution in [0.1, 0.15) is 0 Å². The first-order valence-corrected chi connectivity index (χ1v) is 8.32. The predicted molar refractivity (Wildman–Crippen MR) is 85.7 cm³/mol. The van der Waals surface area contributed by atoms with E-state index in [1.807, 2.05) is 25.1 Å². The molecular weight excluding hydrogens is 359 g/mol. The number of nitrogens with zero attached hydrogens (tertiary/aromatic N) is 1. The average molecular weight is 373 g/mol. The van der Waals surface area contributed by atoms with Crippen molar-refractivity contribution in [1.82, 2.24) is 0 Å². The van der Waals surface area contributed by atoms with E-state index in [4.69, 9.17) is 0 Å². The number of anilines is 2. The standard InChI is InChI=1S/C14H14BrFN2O2S/c1-18(2)11-5-3-4-10(8-11)17-21(19,20)12-6-7-13(15)14(16)9-12/h3-9,17H,1-2H3. The van der Waals surface area contributed by atoms with Crippen LogP contribution in [-0.4, -0.2) is 22.5 Å². The van der Waals surface area contributed by atoms with Crippen LogP contribution in [0, 0.1) is 5.82 Å². The summed E-state index contributed by atoms with van der Waals surface area (Å²) < 4.78 is 40.6. The molecule has 0 aliphatic carbocycles. The van der Waals surface area contributed by atoms with Crippen LogP contribution in [0.4, 0.5) is 15.8 Å².